The van der Waals surface area contributed by atoms with Gasteiger partial charge >= 0.3 is 0 Å². The molecule has 0 heterocycles. The van der Waals surface area contributed by atoms with E-state index in [2.05, 4.69) is 10.6 Å². The van der Waals surface area contributed by atoms with Crippen molar-refractivity contribution >= 4 is 24.2 Å². The molecule has 6 heteroatoms. The quantitative estimate of drug-likeness (QED) is 0.741. The molecular weight excluding hydrogens is 302 g/mol. The zero-order valence-electron chi connectivity index (χ0n) is 12.6. The molecule has 0 spiro atoms. The Bertz CT molecular complexity index is 476. The molecule has 0 bridgehead atoms. The van der Waals surface area contributed by atoms with Crippen molar-refractivity contribution in [3.05, 3.63) is 35.9 Å². The number of halogens is 1. The summed E-state index contributed by atoms with van der Waals surface area (Å²) in [4.78, 5) is 23.1. The first kappa shape index (κ1) is 18.5. The summed E-state index contributed by atoms with van der Waals surface area (Å²) >= 11 is 0. The molecule has 0 aromatic heterocycles. The van der Waals surface area contributed by atoms with Crippen LogP contribution in [0.3, 0.4) is 0 Å². The zero-order valence-corrected chi connectivity index (χ0v) is 13.4. The lowest BCUT2D eigenvalue weighted by molar-refractivity contribution is -0.126. The molecule has 4 N–H and O–H groups in total. The first-order valence-corrected chi connectivity index (χ1v) is 7.52. The second-order valence-electron chi connectivity index (χ2n) is 5.48. The Morgan fingerprint density at radius 3 is 2.36 bits per heavy atom. The maximum Gasteiger partial charge on any atom is 0.239 e. The average molecular weight is 326 g/mol. The van der Waals surface area contributed by atoms with Gasteiger partial charge in [-0.05, 0) is 24.3 Å². The molecule has 2 rings (SSSR count). The number of rotatable bonds is 6. The predicted octanol–water partition coefficient (Wildman–Crippen LogP) is 1.53. The minimum Gasteiger partial charge on any atom is -0.347 e. The van der Waals surface area contributed by atoms with Crippen molar-refractivity contribution in [1.82, 2.24) is 10.6 Å². The topological polar surface area (TPSA) is 84.2 Å². The molecule has 1 saturated carbocycles. The largest absolute Gasteiger partial charge is 0.347 e. The molecule has 1 fully saturated rings. The van der Waals surface area contributed by atoms with Gasteiger partial charge in [-0.25, -0.2) is 0 Å². The number of hydrogen-bond donors (Lipinski definition) is 3. The van der Waals surface area contributed by atoms with Gasteiger partial charge in [0, 0.05) is 0 Å². The Balaban J connectivity index is 0.00000242. The summed E-state index contributed by atoms with van der Waals surface area (Å²) in [6.07, 6.45) is 4.70. The molecule has 2 amide bonds. The van der Waals surface area contributed by atoms with Crippen molar-refractivity contribution in [3.63, 3.8) is 0 Å². The summed E-state index contributed by atoms with van der Waals surface area (Å²) in [5.41, 5.74) is 6.33. The highest BCUT2D eigenvalue weighted by Crippen LogP contribution is 2.35. The fourth-order valence-electron chi connectivity index (χ4n) is 2.90. The van der Waals surface area contributed by atoms with Crippen LogP contribution < -0.4 is 16.4 Å². The van der Waals surface area contributed by atoms with Gasteiger partial charge in [-0.1, -0.05) is 43.2 Å². The van der Waals surface area contributed by atoms with Gasteiger partial charge in [-0.3, -0.25) is 9.59 Å². The highest BCUT2D eigenvalue weighted by Gasteiger charge is 2.27. The Morgan fingerprint density at radius 2 is 1.77 bits per heavy atom. The fraction of sp³-hybridized carbons (Fsp3) is 0.500. The second kappa shape index (κ2) is 9.43. The summed E-state index contributed by atoms with van der Waals surface area (Å²) in [6.45, 7) is -0.121. The summed E-state index contributed by atoms with van der Waals surface area (Å²) in [7, 11) is 0. The van der Waals surface area contributed by atoms with E-state index in [9.17, 15) is 9.59 Å². The van der Waals surface area contributed by atoms with Crippen LogP contribution in [0.25, 0.3) is 0 Å². The van der Waals surface area contributed by atoms with Crippen LogP contribution in [0.1, 0.15) is 37.3 Å². The third-order valence-electron chi connectivity index (χ3n) is 3.98. The maximum atomic E-state index is 12.0. The third-order valence-corrected chi connectivity index (χ3v) is 3.98. The van der Waals surface area contributed by atoms with Gasteiger partial charge < -0.3 is 16.4 Å². The van der Waals surface area contributed by atoms with E-state index < -0.39 is 0 Å². The lowest BCUT2D eigenvalue weighted by Gasteiger charge is -2.25. The minimum atomic E-state index is -0.317. The van der Waals surface area contributed by atoms with Crippen molar-refractivity contribution in [1.29, 1.82) is 0 Å². The van der Waals surface area contributed by atoms with Crippen LogP contribution in [-0.2, 0) is 9.59 Å². The van der Waals surface area contributed by atoms with Crippen LogP contribution in [0, 0.1) is 5.92 Å². The van der Waals surface area contributed by atoms with E-state index in [0.29, 0.717) is 5.92 Å². The molecule has 0 radical (unpaired) electrons. The van der Waals surface area contributed by atoms with E-state index in [0.717, 1.165) is 18.4 Å². The molecule has 1 aliphatic carbocycles. The third kappa shape index (κ3) is 5.31. The number of benzene rings is 1. The van der Waals surface area contributed by atoms with E-state index in [4.69, 9.17) is 5.73 Å². The average Bonchev–Trinajstić information content (AvgIpc) is 3.05. The van der Waals surface area contributed by atoms with Crippen LogP contribution in [-0.4, -0.2) is 24.9 Å². The highest BCUT2D eigenvalue weighted by molar-refractivity contribution is 5.86. The molecule has 1 aromatic rings. The van der Waals surface area contributed by atoms with Crippen molar-refractivity contribution in [2.45, 2.75) is 31.7 Å². The zero-order chi connectivity index (χ0) is 15.1. The van der Waals surface area contributed by atoms with Gasteiger partial charge in [0.2, 0.25) is 11.8 Å². The molecule has 1 aromatic carbocycles. The van der Waals surface area contributed by atoms with Crippen LogP contribution in [0.4, 0.5) is 0 Å². The number of nitrogens with one attached hydrogen (secondary N) is 2. The Kier molecular flexibility index (Phi) is 7.91. The van der Waals surface area contributed by atoms with Gasteiger partial charge in [-0.2, -0.15) is 0 Å². The lowest BCUT2D eigenvalue weighted by Crippen LogP contribution is -2.42. The molecular formula is C16H24ClN3O2. The van der Waals surface area contributed by atoms with Crippen LogP contribution >= 0.6 is 12.4 Å². The first-order chi connectivity index (χ1) is 10.2. The second-order valence-corrected chi connectivity index (χ2v) is 5.48. The van der Waals surface area contributed by atoms with E-state index in [1.54, 1.807) is 0 Å². The van der Waals surface area contributed by atoms with E-state index in [-0.39, 0.29) is 43.4 Å². The van der Waals surface area contributed by atoms with Gasteiger partial charge in [0.25, 0.3) is 0 Å². The van der Waals surface area contributed by atoms with Gasteiger partial charge in [0.05, 0.1) is 19.1 Å². The van der Waals surface area contributed by atoms with Crippen molar-refractivity contribution < 1.29 is 9.59 Å². The van der Waals surface area contributed by atoms with Gasteiger partial charge in [-0.15, -0.1) is 12.4 Å². The van der Waals surface area contributed by atoms with Crippen molar-refractivity contribution in [2.24, 2.45) is 11.7 Å². The predicted molar refractivity (Wildman–Crippen MR) is 88.6 cm³/mol. The number of carbonyl (C=O) groups excluding carboxylic acids is 2. The summed E-state index contributed by atoms with van der Waals surface area (Å²) in [5.74, 6) is -0.0126. The van der Waals surface area contributed by atoms with E-state index >= 15 is 0 Å². The standard InChI is InChI=1S/C16H23N3O2.ClH/c17-10-14(20)18-11-15(21)19-16(13-8-4-5-9-13)12-6-2-1-3-7-12;/h1-3,6-7,13,16H,4-5,8-11,17H2,(H,18,20)(H,19,21);1H. The lowest BCUT2D eigenvalue weighted by atomic mass is 9.91. The molecule has 0 saturated heterocycles. The minimum absolute atomic E-state index is 0. The summed E-state index contributed by atoms with van der Waals surface area (Å²) in [5, 5.41) is 5.56. The number of amides is 2. The molecule has 1 aliphatic rings. The SMILES string of the molecule is Cl.NCC(=O)NCC(=O)NC(c1ccccc1)C1CCCC1. The molecule has 22 heavy (non-hydrogen) atoms. The Morgan fingerprint density at radius 1 is 1.14 bits per heavy atom. The fourth-order valence-corrected chi connectivity index (χ4v) is 2.90. The van der Waals surface area contributed by atoms with Crippen molar-refractivity contribution in [2.75, 3.05) is 13.1 Å². The van der Waals surface area contributed by atoms with E-state index in [1.165, 1.54) is 12.8 Å². The van der Waals surface area contributed by atoms with E-state index in [1.807, 2.05) is 30.3 Å². The molecule has 1 unspecified atom stereocenters. The number of hydrogen-bond acceptors (Lipinski definition) is 3. The first-order valence-electron chi connectivity index (χ1n) is 7.52. The van der Waals surface area contributed by atoms with Crippen LogP contribution in [0.5, 0.6) is 0 Å². The maximum absolute atomic E-state index is 12.0. The Hall–Kier alpha value is -1.59. The van der Waals surface area contributed by atoms with Crippen LogP contribution in [0.2, 0.25) is 0 Å². The molecule has 1 atom stereocenters. The van der Waals surface area contributed by atoms with Crippen molar-refractivity contribution in [3.8, 4) is 0 Å². The summed E-state index contributed by atoms with van der Waals surface area (Å²) in [6, 6.07) is 10.1. The van der Waals surface area contributed by atoms with Crippen LogP contribution in [0.15, 0.2) is 30.3 Å². The van der Waals surface area contributed by atoms with Gasteiger partial charge in [0.1, 0.15) is 0 Å². The monoisotopic (exact) mass is 325 g/mol. The molecule has 122 valence electrons. The highest BCUT2D eigenvalue weighted by atomic mass is 35.5. The molecule has 0 aliphatic heterocycles. The number of nitrogens with two attached hydrogens (primary N) is 1. The summed E-state index contributed by atoms with van der Waals surface area (Å²) < 4.78 is 0. The molecule has 5 nitrogen and oxygen atoms in total. The smallest absolute Gasteiger partial charge is 0.239 e. The van der Waals surface area contributed by atoms with Gasteiger partial charge in [0.15, 0.2) is 0 Å². The number of carbonyl (C=O) groups is 2. The Labute approximate surface area is 137 Å². The normalized spacial score (nSPS) is 15.7.